The largest absolute Gasteiger partial charge is 0.481 e. The predicted molar refractivity (Wildman–Crippen MR) is 80.5 cm³/mol. The minimum atomic E-state index is -1.09. The van der Waals surface area contributed by atoms with E-state index in [0.29, 0.717) is 13.1 Å². The topological polar surface area (TPSA) is 70.0 Å². The number of aliphatic hydroxyl groups is 1. The van der Waals surface area contributed by atoms with E-state index >= 15 is 0 Å². The Balaban J connectivity index is 2.39. The van der Waals surface area contributed by atoms with Gasteiger partial charge in [-0.15, -0.1) is 0 Å². The van der Waals surface area contributed by atoms with Crippen LogP contribution in [0.4, 0.5) is 14.5 Å². The molecule has 1 aliphatic heterocycles. The molecule has 1 saturated heterocycles. The van der Waals surface area contributed by atoms with Crippen molar-refractivity contribution in [2.45, 2.75) is 45.5 Å². The number of benzene rings is 1. The van der Waals surface area contributed by atoms with Crippen LogP contribution < -0.4 is 4.90 Å². The lowest BCUT2D eigenvalue weighted by molar-refractivity contribution is -0.136. The van der Waals surface area contributed by atoms with Crippen LogP contribution in [0.2, 0.25) is 0 Å². The smallest absolute Gasteiger partial charge is 0.303 e. The number of anilines is 1. The fourth-order valence-electron chi connectivity index (χ4n) is 2.97. The number of aliphatic hydroxyl groups excluding tert-OH is 1. The van der Waals surface area contributed by atoms with Gasteiger partial charge in [0.2, 0.25) is 0 Å². The Morgan fingerprint density at radius 2 is 1.87 bits per heavy atom. The molecule has 23 heavy (non-hydrogen) atoms. The lowest BCUT2D eigenvalue weighted by Gasteiger charge is -2.38. The quantitative estimate of drug-likeness (QED) is 0.866. The van der Waals surface area contributed by atoms with Crippen LogP contribution in [0.1, 0.15) is 31.4 Å². The Hall–Kier alpha value is -1.73. The normalized spacial score (nSPS) is 21.5. The van der Waals surface area contributed by atoms with E-state index in [9.17, 15) is 18.7 Å². The van der Waals surface area contributed by atoms with Crippen molar-refractivity contribution in [2.75, 3.05) is 18.0 Å². The average Bonchev–Trinajstić information content (AvgIpc) is 2.47. The summed E-state index contributed by atoms with van der Waals surface area (Å²) in [6.45, 7) is 4.02. The van der Waals surface area contributed by atoms with E-state index < -0.39 is 24.2 Å². The van der Waals surface area contributed by atoms with Gasteiger partial charge in [-0.1, -0.05) is 0 Å². The van der Waals surface area contributed by atoms with Crippen molar-refractivity contribution in [3.63, 3.8) is 0 Å². The summed E-state index contributed by atoms with van der Waals surface area (Å²) in [7, 11) is 0. The third kappa shape index (κ3) is 3.97. The first-order valence-electron chi connectivity index (χ1n) is 7.56. The SMILES string of the molecule is CC1CN(c2c(CO)cc(CCC(=O)O)c(F)c2F)CC(C)O1. The summed E-state index contributed by atoms with van der Waals surface area (Å²) in [6.07, 6.45) is -0.702. The summed E-state index contributed by atoms with van der Waals surface area (Å²) in [6, 6.07) is 1.35. The van der Waals surface area contributed by atoms with E-state index in [4.69, 9.17) is 9.84 Å². The van der Waals surface area contributed by atoms with Crippen molar-refractivity contribution in [3.05, 3.63) is 28.8 Å². The molecule has 2 atom stereocenters. The van der Waals surface area contributed by atoms with Crippen LogP contribution in [0.25, 0.3) is 0 Å². The fourth-order valence-corrected chi connectivity index (χ4v) is 2.97. The Labute approximate surface area is 133 Å². The van der Waals surface area contributed by atoms with Crippen molar-refractivity contribution in [1.29, 1.82) is 0 Å². The van der Waals surface area contributed by atoms with Gasteiger partial charge in [0.05, 0.1) is 24.5 Å². The van der Waals surface area contributed by atoms with E-state index in [2.05, 4.69) is 0 Å². The van der Waals surface area contributed by atoms with E-state index in [1.807, 2.05) is 13.8 Å². The summed E-state index contributed by atoms with van der Waals surface area (Å²) in [5, 5.41) is 18.2. The molecule has 0 aromatic heterocycles. The number of nitrogens with zero attached hydrogens (tertiary/aromatic N) is 1. The number of carboxylic acids is 1. The van der Waals surface area contributed by atoms with Crippen molar-refractivity contribution < 1.29 is 28.5 Å². The van der Waals surface area contributed by atoms with Gasteiger partial charge in [0.25, 0.3) is 0 Å². The number of carbonyl (C=O) groups is 1. The van der Waals surface area contributed by atoms with E-state index in [0.717, 1.165) is 0 Å². The Bertz CT molecular complexity index is 584. The van der Waals surface area contributed by atoms with Crippen molar-refractivity contribution in [2.24, 2.45) is 0 Å². The highest BCUT2D eigenvalue weighted by molar-refractivity contribution is 5.67. The fraction of sp³-hybridized carbons (Fsp3) is 0.562. The first kappa shape index (κ1) is 17.6. The molecule has 0 aliphatic carbocycles. The predicted octanol–water partition coefficient (Wildman–Crippen LogP) is 2.09. The third-order valence-corrected chi connectivity index (χ3v) is 3.85. The Morgan fingerprint density at radius 1 is 1.26 bits per heavy atom. The van der Waals surface area contributed by atoms with E-state index in [-0.39, 0.29) is 41.9 Å². The summed E-state index contributed by atoms with van der Waals surface area (Å²) in [5.74, 6) is -3.18. The van der Waals surface area contributed by atoms with E-state index in [1.165, 1.54) is 6.07 Å². The molecule has 0 spiro atoms. The highest BCUT2D eigenvalue weighted by atomic mass is 19.2. The molecule has 0 saturated carbocycles. The zero-order chi connectivity index (χ0) is 17.1. The lowest BCUT2D eigenvalue weighted by Crippen LogP contribution is -2.46. The first-order valence-corrected chi connectivity index (χ1v) is 7.56. The summed E-state index contributed by atoms with van der Waals surface area (Å²) >= 11 is 0. The van der Waals surface area contributed by atoms with Crippen LogP contribution in [0, 0.1) is 11.6 Å². The van der Waals surface area contributed by atoms with Crippen molar-refractivity contribution in [3.8, 4) is 0 Å². The highest BCUT2D eigenvalue weighted by Gasteiger charge is 2.28. The van der Waals surface area contributed by atoms with Crippen LogP contribution in [-0.2, 0) is 22.6 Å². The molecule has 0 amide bonds. The van der Waals surface area contributed by atoms with E-state index in [1.54, 1.807) is 4.90 Å². The summed E-state index contributed by atoms with van der Waals surface area (Å²) in [4.78, 5) is 12.3. The number of carboxylic acid groups (broad SMARTS) is 1. The van der Waals surface area contributed by atoms with Crippen LogP contribution >= 0.6 is 0 Å². The summed E-state index contributed by atoms with van der Waals surface area (Å²) in [5.41, 5.74) is 0.253. The van der Waals surface area contributed by atoms with Crippen LogP contribution in [-0.4, -0.2) is 41.5 Å². The monoisotopic (exact) mass is 329 g/mol. The maximum Gasteiger partial charge on any atom is 0.303 e. The second-order valence-electron chi connectivity index (χ2n) is 5.89. The van der Waals surface area contributed by atoms with Gasteiger partial charge >= 0.3 is 5.97 Å². The molecular weight excluding hydrogens is 308 g/mol. The minimum absolute atomic E-state index is 0.0334. The molecular formula is C16H21F2NO4. The van der Waals surface area contributed by atoms with Crippen molar-refractivity contribution >= 4 is 11.7 Å². The van der Waals surface area contributed by atoms with Crippen LogP contribution in [0.15, 0.2) is 6.07 Å². The zero-order valence-corrected chi connectivity index (χ0v) is 13.2. The molecule has 128 valence electrons. The molecule has 2 unspecified atom stereocenters. The number of hydrogen-bond donors (Lipinski definition) is 2. The van der Waals surface area contributed by atoms with Crippen molar-refractivity contribution in [1.82, 2.24) is 0 Å². The van der Waals surface area contributed by atoms with Gasteiger partial charge in [-0.25, -0.2) is 8.78 Å². The molecule has 2 N–H and O–H groups in total. The highest BCUT2D eigenvalue weighted by Crippen LogP contribution is 2.32. The van der Waals surface area contributed by atoms with Gasteiger partial charge in [0, 0.05) is 25.1 Å². The second-order valence-corrected chi connectivity index (χ2v) is 5.89. The lowest BCUT2D eigenvalue weighted by atomic mass is 10.0. The zero-order valence-electron chi connectivity index (χ0n) is 13.2. The molecule has 0 radical (unpaired) electrons. The molecule has 5 nitrogen and oxygen atoms in total. The Kier molecular flexibility index (Phi) is 5.54. The van der Waals surface area contributed by atoms with Gasteiger partial charge in [-0.05, 0) is 31.9 Å². The molecule has 2 rings (SSSR count). The van der Waals surface area contributed by atoms with Gasteiger partial charge < -0.3 is 19.8 Å². The maximum absolute atomic E-state index is 14.6. The number of rotatable bonds is 5. The first-order chi connectivity index (χ1) is 10.8. The number of morpholine rings is 1. The number of hydrogen-bond acceptors (Lipinski definition) is 4. The minimum Gasteiger partial charge on any atom is -0.481 e. The second kappa shape index (κ2) is 7.23. The van der Waals surface area contributed by atoms with Gasteiger partial charge in [-0.2, -0.15) is 0 Å². The number of ether oxygens (including phenoxy) is 1. The molecule has 0 bridgehead atoms. The molecule has 7 heteroatoms. The molecule has 1 aromatic carbocycles. The Morgan fingerprint density at radius 3 is 2.39 bits per heavy atom. The maximum atomic E-state index is 14.6. The molecule has 1 aromatic rings. The standard InChI is InChI=1S/C16H21F2NO4/c1-9-6-19(7-10(2)23-9)16-12(8-20)5-11(3-4-13(21)22)14(17)15(16)18/h5,9-10,20H,3-4,6-8H2,1-2H3,(H,21,22). The summed E-state index contributed by atoms with van der Waals surface area (Å²) < 4.78 is 34.4. The molecule has 1 heterocycles. The number of aryl methyl sites for hydroxylation is 1. The third-order valence-electron chi connectivity index (χ3n) is 3.85. The molecule has 1 aliphatic rings. The van der Waals surface area contributed by atoms with Crippen LogP contribution in [0.5, 0.6) is 0 Å². The number of halogens is 2. The van der Waals surface area contributed by atoms with Gasteiger partial charge in [0.1, 0.15) is 0 Å². The van der Waals surface area contributed by atoms with Crippen LogP contribution in [0.3, 0.4) is 0 Å². The van der Waals surface area contributed by atoms with Gasteiger partial charge in [0.15, 0.2) is 11.6 Å². The van der Waals surface area contributed by atoms with Gasteiger partial charge in [-0.3, -0.25) is 4.79 Å². The average molecular weight is 329 g/mol. The number of aliphatic carboxylic acids is 1. The molecule has 1 fully saturated rings.